The van der Waals surface area contributed by atoms with Gasteiger partial charge in [-0.25, -0.2) is 4.79 Å². The third kappa shape index (κ3) is 4.35. The van der Waals surface area contributed by atoms with Crippen LogP contribution in [0.25, 0.3) is 0 Å². The zero-order chi connectivity index (χ0) is 17.8. The molecule has 1 aliphatic rings. The van der Waals surface area contributed by atoms with E-state index in [0.29, 0.717) is 22.4 Å². The molecule has 0 aliphatic carbocycles. The zero-order valence-electron chi connectivity index (χ0n) is 13.8. The van der Waals surface area contributed by atoms with Crippen molar-refractivity contribution in [2.75, 3.05) is 18.1 Å². The van der Waals surface area contributed by atoms with Crippen molar-refractivity contribution in [3.8, 4) is 0 Å². The summed E-state index contributed by atoms with van der Waals surface area (Å²) in [5.41, 5.74) is 1.25. The summed E-state index contributed by atoms with van der Waals surface area (Å²) in [4.78, 5) is 27.5. The number of carbonyl (C=O) groups is 2. The number of hydrogen-bond donors (Lipinski definition) is 0. The number of para-hydroxylation sites is 1. The number of hydrogen-bond acceptors (Lipinski definition) is 4. The van der Waals surface area contributed by atoms with E-state index < -0.39 is 5.97 Å². The lowest BCUT2D eigenvalue weighted by molar-refractivity contribution is -0.121. The fraction of sp³-hybridized carbons (Fsp3) is 0.263. The SMILES string of the molecule is CC1CCN(C(=O)COC(=O)c2ccc(Cl)cc2)c2ccccc2S1. The minimum Gasteiger partial charge on any atom is -0.452 e. The molecule has 6 heteroatoms. The van der Waals surface area contributed by atoms with Gasteiger partial charge in [-0.15, -0.1) is 11.8 Å². The molecule has 2 aromatic rings. The topological polar surface area (TPSA) is 46.6 Å². The number of carbonyl (C=O) groups excluding carboxylic acids is 2. The molecular weight excluding hydrogens is 358 g/mol. The third-order valence-corrected chi connectivity index (χ3v) is 5.44. The van der Waals surface area contributed by atoms with Gasteiger partial charge < -0.3 is 9.64 Å². The van der Waals surface area contributed by atoms with E-state index in [9.17, 15) is 9.59 Å². The lowest BCUT2D eigenvalue weighted by Crippen LogP contribution is -2.35. The second-order valence-electron chi connectivity index (χ2n) is 5.81. The molecule has 130 valence electrons. The van der Waals surface area contributed by atoms with Crippen LogP contribution < -0.4 is 4.90 Å². The number of halogens is 1. The third-order valence-electron chi connectivity index (χ3n) is 3.95. The first-order valence-electron chi connectivity index (χ1n) is 8.03. The summed E-state index contributed by atoms with van der Waals surface area (Å²) < 4.78 is 5.19. The first-order valence-corrected chi connectivity index (χ1v) is 9.29. The van der Waals surface area contributed by atoms with Crippen LogP contribution in [0.15, 0.2) is 53.4 Å². The van der Waals surface area contributed by atoms with Crippen molar-refractivity contribution in [1.82, 2.24) is 0 Å². The number of nitrogens with zero attached hydrogens (tertiary/aromatic N) is 1. The molecule has 1 atom stereocenters. The predicted molar refractivity (Wildman–Crippen MR) is 100 cm³/mol. The van der Waals surface area contributed by atoms with Crippen molar-refractivity contribution in [2.45, 2.75) is 23.5 Å². The van der Waals surface area contributed by atoms with Gasteiger partial charge in [0.2, 0.25) is 0 Å². The Labute approximate surface area is 156 Å². The van der Waals surface area contributed by atoms with Gasteiger partial charge in [-0.05, 0) is 42.8 Å². The Balaban J connectivity index is 1.68. The number of amides is 1. The smallest absolute Gasteiger partial charge is 0.338 e. The van der Waals surface area contributed by atoms with Crippen LogP contribution in [-0.4, -0.2) is 30.3 Å². The maximum Gasteiger partial charge on any atom is 0.338 e. The van der Waals surface area contributed by atoms with Crippen molar-refractivity contribution in [1.29, 1.82) is 0 Å². The van der Waals surface area contributed by atoms with E-state index in [2.05, 4.69) is 6.92 Å². The Bertz CT molecular complexity index is 778. The summed E-state index contributed by atoms with van der Waals surface area (Å²) in [6.07, 6.45) is 0.885. The summed E-state index contributed by atoms with van der Waals surface area (Å²) in [6, 6.07) is 14.2. The second-order valence-corrected chi connectivity index (χ2v) is 7.73. The van der Waals surface area contributed by atoms with E-state index in [1.165, 1.54) is 0 Å². The fourth-order valence-corrected chi connectivity index (χ4v) is 3.86. The Morgan fingerprint density at radius 3 is 2.68 bits per heavy atom. The summed E-state index contributed by atoms with van der Waals surface area (Å²) in [5.74, 6) is -0.750. The molecule has 0 saturated carbocycles. The minimum absolute atomic E-state index is 0.218. The van der Waals surface area contributed by atoms with Gasteiger partial charge in [0.05, 0.1) is 11.3 Å². The molecule has 3 rings (SSSR count). The molecule has 25 heavy (non-hydrogen) atoms. The maximum absolute atomic E-state index is 12.6. The van der Waals surface area contributed by atoms with Gasteiger partial charge in [0, 0.05) is 21.7 Å². The lowest BCUT2D eigenvalue weighted by Gasteiger charge is -2.22. The molecule has 0 spiro atoms. The van der Waals surface area contributed by atoms with Gasteiger partial charge in [0.25, 0.3) is 5.91 Å². The molecular formula is C19H18ClNO3S. The lowest BCUT2D eigenvalue weighted by atomic mass is 10.2. The van der Waals surface area contributed by atoms with Crippen molar-refractivity contribution in [2.24, 2.45) is 0 Å². The number of thioether (sulfide) groups is 1. The molecule has 0 fully saturated rings. The second kappa shape index (κ2) is 7.93. The van der Waals surface area contributed by atoms with Gasteiger partial charge in [0.15, 0.2) is 6.61 Å². The summed E-state index contributed by atoms with van der Waals surface area (Å²) in [7, 11) is 0. The molecule has 1 unspecified atom stereocenters. The quantitative estimate of drug-likeness (QED) is 0.745. The molecule has 1 heterocycles. The Kier molecular flexibility index (Phi) is 5.66. The number of anilines is 1. The molecule has 4 nitrogen and oxygen atoms in total. The van der Waals surface area contributed by atoms with Crippen molar-refractivity contribution in [3.05, 3.63) is 59.1 Å². The minimum atomic E-state index is -0.532. The van der Waals surface area contributed by atoms with Crippen LogP contribution in [0.4, 0.5) is 5.69 Å². The number of benzene rings is 2. The molecule has 1 amide bonds. The average molecular weight is 376 g/mol. The highest BCUT2D eigenvalue weighted by molar-refractivity contribution is 8.00. The van der Waals surface area contributed by atoms with Crippen LogP contribution >= 0.6 is 23.4 Å². The van der Waals surface area contributed by atoms with E-state index in [-0.39, 0.29) is 12.5 Å². The Morgan fingerprint density at radius 2 is 1.92 bits per heavy atom. The van der Waals surface area contributed by atoms with Gasteiger partial charge in [-0.2, -0.15) is 0 Å². The van der Waals surface area contributed by atoms with Crippen LogP contribution in [0.1, 0.15) is 23.7 Å². The monoisotopic (exact) mass is 375 g/mol. The van der Waals surface area contributed by atoms with Crippen LogP contribution in [0.3, 0.4) is 0 Å². The van der Waals surface area contributed by atoms with Crippen LogP contribution in [0.5, 0.6) is 0 Å². The fourth-order valence-electron chi connectivity index (χ4n) is 2.62. The van der Waals surface area contributed by atoms with E-state index in [4.69, 9.17) is 16.3 Å². The normalized spacial score (nSPS) is 16.7. The number of fused-ring (bicyclic) bond motifs is 1. The van der Waals surface area contributed by atoms with Crippen molar-refractivity contribution >= 4 is 40.9 Å². The van der Waals surface area contributed by atoms with Gasteiger partial charge in [-0.3, -0.25) is 4.79 Å². The molecule has 1 aliphatic heterocycles. The zero-order valence-corrected chi connectivity index (χ0v) is 15.3. The largest absolute Gasteiger partial charge is 0.452 e. The summed E-state index contributed by atoms with van der Waals surface area (Å²) in [5, 5.41) is 0.969. The first kappa shape index (κ1) is 17.8. The molecule has 0 radical (unpaired) electrons. The van der Waals surface area contributed by atoms with Crippen LogP contribution in [0, 0.1) is 0 Å². The van der Waals surface area contributed by atoms with Crippen molar-refractivity contribution < 1.29 is 14.3 Å². The number of rotatable bonds is 3. The maximum atomic E-state index is 12.6. The Morgan fingerprint density at radius 1 is 1.20 bits per heavy atom. The van der Waals surface area contributed by atoms with E-state index in [0.717, 1.165) is 17.0 Å². The van der Waals surface area contributed by atoms with Crippen LogP contribution in [0.2, 0.25) is 5.02 Å². The molecule has 0 saturated heterocycles. The van der Waals surface area contributed by atoms with Gasteiger partial charge >= 0.3 is 5.97 Å². The number of ether oxygens (including phenoxy) is 1. The molecule has 2 aromatic carbocycles. The van der Waals surface area contributed by atoms with E-state index >= 15 is 0 Å². The summed E-state index contributed by atoms with van der Waals surface area (Å²) in [6.45, 7) is 2.48. The standard InChI is InChI=1S/C19H18ClNO3S/c1-13-10-11-21(16-4-2-3-5-17(16)25-13)18(22)12-24-19(23)14-6-8-15(20)9-7-14/h2-9,13H,10-12H2,1H3. The molecule has 0 N–H and O–H groups in total. The van der Waals surface area contributed by atoms with E-state index in [1.807, 2.05) is 24.3 Å². The van der Waals surface area contributed by atoms with E-state index in [1.54, 1.807) is 40.9 Å². The highest BCUT2D eigenvalue weighted by Gasteiger charge is 2.24. The van der Waals surface area contributed by atoms with Gasteiger partial charge in [0.1, 0.15) is 0 Å². The highest BCUT2D eigenvalue weighted by atomic mass is 35.5. The number of esters is 1. The van der Waals surface area contributed by atoms with Gasteiger partial charge in [-0.1, -0.05) is 30.7 Å². The molecule has 0 bridgehead atoms. The van der Waals surface area contributed by atoms with Crippen molar-refractivity contribution in [3.63, 3.8) is 0 Å². The predicted octanol–water partition coefficient (Wildman–Crippen LogP) is 4.41. The Hall–Kier alpha value is -1.98. The van der Waals surface area contributed by atoms with Crippen LogP contribution in [-0.2, 0) is 9.53 Å². The highest BCUT2D eigenvalue weighted by Crippen LogP contribution is 2.37. The first-order chi connectivity index (χ1) is 12.0. The molecule has 0 aromatic heterocycles. The average Bonchev–Trinajstić information content (AvgIpc) is 2.78. The summed E-state index contributed by atoms with van der Waals surface area (Å²) >= 11 is 7.57.